The van der Waals surface area contributed by atoms with Crippen molar-refractivity contribution in [2.45, 2.75) is 0 Å². The molecule has 0 aliphatic heterocycles. The van der Waals surface area contributed by atoms with Gasteiger partial charge in [-0.1, -0.05) is 0 Å². The van der Waals surface area contributed by atoms with E-state index in [1.807, 2.05) is 0 Å². The van der Waals surface area contributed by atoms with Crippen molar-refractivity contribution in [3.05, 3.63) is 48.0 Å². The molecule has 0 atom stereocenters. The largest absolute Gasteiger partial charge is 0.478 e. The summed E-state index contributed by atoms with van der Waals surface area (Å²) in [4.78, 5) is 18.6. The number of hydrogen-bond donors (Lipinski definition) is 1. The lowest BCUT2D eigenvalue weighted by molar-refractivity contribution is 0.0696. The molecule has 4 nitrogen and oxygen atoms in total. The van der Waals surface area contributed by atoms with E-state index < -0.39 is 11.8 Å². The fourth-order valence-electron chi connectivity index (χ4n) is 1.29. The van der Waals surface area contributed by atoms with E-state index >= 15 is 0 Å². The first kappa shape index (κ1) is 10.2. The van der Waals surface area contributed by atoms with Crippen LogP contribution in [0.15, 0.2) is 36.7 Å². The highest BCUT2D eigenvalue weighted by atomic mass is 19.1. The third kappa shape index (κ3) is 2.03. The second kappa shape index (κ2) is 4.06. The monoisotopic (exact) mass is 218 g/mol. The molecule has 80 valence electrons. The summed E-state index contributed by atoms with van der Waals surface area (Å²) in [5, 5.41) is 8.77. The first-order valence-electron chi connectivity index (χ1n) is 4.48. The maximum atomic E-state index is 13.2. The molecule has 0 aliphatic carbocycles. The van der Waals surface area contributed by atoms with E-state index in [2.05, 4.69) is 9.97 Å². The van der Waals surface area contributed by atoms with Crippen molar-refractivity contribution >= 4 is 5.97 Å². The maximum absolute atomic E-state index is 13.2. The minimum Gasteiger partial charge on any atom is -0.478 e. The number of aromatic nitrogens is 2. The van der Waals surface area contributed by atoms with Gasteiger partial charge in [0.2, 0.25) is 0 Å². The first-order valence-corrected chi connectivity index (χ1v) is 4.48. The van der Waals surface area contributed by atoms with Crippen LogP contribution in [0.2, 0.25) is 0 Å². The number of benzene rings is 1. The molecule has 0 saturated heterocycles. The molecule has 2 aromatic rings. The molecule has 5 heteroatoms. The predicted octanol–water partition coefficient (Wildman–Crippen LogP) is 1.98. The van der Waals surface area contributed by atoms with Crippen LogP contribution in [0.5, 0.6) is 0 Å². The van der Waals surface area contributed by atoms with Gasteiger partial charge in [0.05, 0.1) is 5.56 Å². The van der Waals surface area contributed by atoms with Crippen LogP contribution in [-0.4, -0.2) is 21.0 Å². The van der Waals surface area contributed by atoms with Gasteiger partial charge in [0.1, 0.15) is 5.82 Å². The molecule has 16 heavy (non-hydrogen) atoms. The fraction of sp³-hybridized carbons (Fsp3) is 0. The zero-order valence-electron chi connectivity index (χ0n) is 8.09. The summed E-state index contributed by atoms with van der Waals surface area (Å²) in [5.74, 6) is -1.51. The van der Waals surface area contributed by atoms with Gasteiger partial charge >= 0.3 is 5.97 Å². The van der Waals surface area contributed by atoms with Gasteiger partial charge in [-0.05, 0) is 24.3 Å². The van der Waals surface area contributed by atoms with Crippen LogP contribution in [0.3, 0.4) is 0 Å². The Morgan fingerprint density at radius 3 is 2.50 bits per heavy atom. The van der Waals surface area contributed by atoms with Gasteiger partial charge in [-0.25, -0.2) is 19.2 Å². The van der Waals surface area contributed by atoms with E-state index in [9.17, 15) is 9.18 Å². The van der Waals surface area contributed by atoms with Crippen LogP contribution in [0.1, 0.15) is 10.4 Å². The minimum atomic E-state index is -1.18. The molecular weight excluding hydrogens is 211 g/mol. The standard InChI is InChI=1S/C11H7FN2O2/c12-9-5-7(4-8(6-9)11(15)16)10-13-2-1-3-14-10/h1-6H,(H,15,16). The van der Waals surface area contributed by atoms with E-state index in [0.29, 0.717) is 11.4 Å². The molecule has 0 amide bonds. The van der Waals surface area contributed by atoms with Gasteiger partial charge < -0.3 is 5.11 Å². The van der Waals surface area contributed by atoms with E-state index in [1.165, 1.54) is 24.5 Å². The summed E-state index contributed by atoms with van der Waals surface area (Å²) in [5.41, 5.74) is 0.223. The molecule has 0 spiro atoms. The number of hydrogen-bond acceptors (Lipinski definition) is 3. The van der Waals surface area contributed by atoms with Gasteiger partial charge in [-0.3, -0.25) is 0 Å². The molecule has 0 bridgehead atoms. The average Bonchev–Trinajstić information content (AvgIpc) is 2.29. The molecular formula is C11H7FN2O2. The van der Waals surface area contributed by atoms with E-state index in [-0.39, 0.29) is 5.56 Å². The number of carboxylic acids is 1. The number of nitrogens with zero attached hydrogens (tertiary/aromatic N) is 2. The zero-order chi connectivity index (χ0) is 11.5. The average molecular weight is 218 g/mol. The third-order valence-corrected chi connectivity index (χ3v) is 1.97. The second-order valence-electron chi connectivity index (χ2n) is 3.11. The Bertz CT molecular complexity index is 529. The van der Waals surface area contributed by atoms with Gasteiger partial charge in [-0.2, -0.15) is 0 Å². The van der Waals surface area contributed by atoms with Gasteiger partial charge in [0.25, 0.3) is 0 Å². The molecule has 0 unspecified atom stereocenters. The molecule has 1 aromatic carbocycles. The Hall–Kier alpha value is -2.30. The molecule has 1 N–H and O–H groups in total. The van der Waals surface area contributed by atoms with Crippen molar-refractivity contribution in [2.24, 2.45) is 0 Å². The number of carboxylic acid groups (broad SMARTS) is 1. The highest BCUT2D eigenvalue weighted by molar-refractivity contribution is 5.89. The Labute approximate surface area is 90.4 Å². The minimum absolute atomic E-state index is 0.123. The Kier molecular flexibility index (Phi) is 2.59. The summed E-state index contributed by atoms with van der Waals surface area (Å²) in [6.07, 6.45) is 3.02. The van der Waals surface area contributed by atoms with Crippen LogP contribution < -0.4 is 0 Å². The topological polar surface area (TPSA) is 63.1 Å². The zero-order valence-corrected chi connectivity index (χ0v) is 8.09. The number of carbonyl (C=O) groups is 1. The lowest BCUT2D eigenvalue weighted by Gasteiger charge is -2.01. The first-order chi connectivity index (χ1) is 7.66. The van der Waals surface area contributed by atoms with E-state index in [0.717, 1.165) is 6.07 Å². The molecule has 0 saturated carbocycles. The van der Waals surface area contributed by atoms with Crippen LogP contribution >= 0.6 is 0 Å². The Balaban J connectivity index is 2.54. The van der Waals surface area contributed by atoms with Crippen molar-refractivity contribution in [1.82, 2.24) is 9.97 Å². The van der Waals surface area contributed by atoms with Crippen LogP contribution in [-0.2, 0) is 0 Å². The smallest absolute Gasteiger partial charge is 0.335 e. The van der Waals surface area contributed by atoms with Crippen molar-refractivity contribution in [3.8, 4) is 11.4 Å². The molecule has 1 aromatic heterocycles. The normalized spacial score (nSPS) is 10.1. The van der Waals surface area contributed by atoms with Crippen molar-refractivity contribution in [2.75, 3.05) is 0 Å². The summed E-state index contributed by atoms with van der Waals surface area (Å²) < 4.78 is 13.2. The number of halogens is 1. The summed E-state index contributed by atoms with van der Waals surface area (Å²) in [6.45, 7) is 0. The van der Waals surface area contributed by atoms with Crippen LogP contribution in [0.4, 0.5) is 4.39 Å². The van der Waals surface area contributed by atoms with Crippen LogP contribution in [0, 0.1) is 5.82 Å². The molecule has 0 fully saturated rings. The lowest BCUT2D eigenvalue weighted by Crippen LogP contribution is -1.98. The summed E-state index contributed by atoms with van der Waals surface area (Å²) >= 11 is 0. The molecule has 0 radical (unpaired) electrons. The number of aromatic carboxylic acids is 1. The third-order valence-electron chi connectivity index (χ3n) is 1.97. The molecule has 2 rings (SSSR count). The van der Waals surface area contributed by atoms with E-state index in [1.54, 1.807) is 6.07 Å². The predicted molar refractivity (Wildman–Crippen MR) is 54.4 cm³/mol. The van der Waals surface area contributed by atoms with Crippen molar-refractivity contribution < 1.29 is 14.3 Å². The van der Waals surface area contributed by atoms with E-state index in [4.69, 9.17) is 5.11 Å². The molecule has 0 aliphatic rings. The highest BCUT2D eigenvalue weighted by Gasteiger charge is 2.09. The molecule has 1 heterocycles. The van der Waals surface area contributed by atoms with Gasteiger partial charge in [0.15, 0.2) is 5.82 Å². The van der Waals surface area contributed by atoms with Crippen molar-refractivity contribution in [1.29, 1.82) is 0 Å². The highest BCUT2D eigenvalue weighted by Crippen LogP contribution is 2.17. The van der Waals surface area contributed by atoms with Crippen molar-refractivity contribution in [3.63, 3.8) is 0 Å². The van der Waals surface area contributed by atoms with Crippen LogP contribution in [0.25, 0.3) is 11.4 Å². The summed E-state index contributed by atoms with van der Waals surface area (Å²) in [6, 6.07) is 5.11. The second-order valence-corrected chi connectivity index (χ2v) is 3.11. The quantitative estimate of drug-likeness (QED) is 0.837. The van der Waals surface area contributed by atoms with Gasteiger partial charge in [0, 0.05) is 18.0 Å². The van der Waals surface area contributed by atoms with Gasteiger partial charge in [-0.15, -0.1) is 0 Å². The Morgan fingerprint density at radius 1 is 1.19 bits per heavy atom. The SMILES string of the molecule is O=C(O)c1cc(F)cc(-c2ncccn2)c1. The summed E-state index contributed by atoms with van der Waals surface area (Å²) in [7, 11) is 0. The Morgan fingerprint density at radius 2 is 1.88 bits per heavy atom. The fourth-order valence-corrected chi connectivity index (χ4v) is 1.29. The maximum Gasteiger partial charge on any atom is 0.335 e. The lowest BCUT2D eigenvalue weighted by atomic mass is 10.1. The number of rotatable bonds is 2.